The van der Waals surface area contributed by atoms with Crippen LogP contribution in [-0.4, -0.2) is 30.6 Å². The maximum absolute atomic E-state index is 13.4. The van der Waals surface area contributed by atoms with Crippen molar-refractivity contribution in [3.63, 3.8) is 0 Å². The van der Waals surface area contributed by atoms with Crippen molar-refractivity contribution in [2.24, 2.45) is 5.92 Å². The largest absolute Gasteiger partial charge is 0.311 e. The average molecular weight is 285 g/mol. The molecule has 0 saturated carbocycles. The van der Waals surface area contributed by atoms with Crippen LogP contribution in [0.15, 0.2) is 18.2 Å². The van der Waals surface area contributed by atoms with Crippen LogP contribution in [0, 0.1) is 11.7 Å². The molecule has 0 spiro atoms. The van der Waals surface area contributed by atoms with Crippen LogP contribution in [0.2, 0.25) is 5.02 Å². The minimum absolute atomic E-state index is 0.265. The second-order valence-electron chi connectivity index (χ2n) is 5.73. The Morgan fingerprint density at radius 2 is 2.26 bits per heavy atom. The van der Waals surface area contributed by atoms with Gasteiger partial charge in [0.15, 0.2) is 0 Å². The van der Waals surface area contributed by atoms with Crippen LogP contribution in [0.5, 0.6) is 0 Å². The molecule has 1 N–H and O–H groups in total. The zero-order valence-electron chi connectivity index (χ0n) is 11.6. The van der Waals surface area contributed by atoms with Gasteiger partial charge in [-0.15, -0.1) is 0 Å². The summed E-state index contributed by atoms with van der Waals surface area (Å²) in [6.07, 6.45) is 1.17. The van der Waals surface area contributed by atoms with E-state index in [1.54, 1.807) is 6.07 Å². The predicted molar refractivity (Wildman–Crippen MR) is 77.9 cm³/mol. The zero-order chi connectivity index (χ0) is 13.8. The molecule has 1 aromatic carbocycles. The summed E-state index contributed by atoms with van der Waals surface area (Å²) in [5.74, 6) is 0.364. The smallest absolute Gasteiger partial charge is 0.142 e. The van der Waals surface area contributed by atoms with Crippen molar-refractivity contribution in [3.05, 3.63) is 34.6 Å². The molecule has 1 unspecified atom stereocenters. The van der Waals surface area contributed by atoms with E-state index in [1.165, 1.54) is 12.5 Å². The molecule has 19 heavy (non-hydrogen) atoms. The van der Waals surface area contributed by atoms with Gasteiger partial charge >= 0.3 is 0 Å². The second kappa shape index (κ2) is 6.69. The lowest BCUT2D eigenvalue weighted by molar-refractivity contribution is 0.179. The van der Waals surface area contributed by atoms with Crippen LogP contribution < -0.4 is 5.32 Å². The first kappa shape index (κ1) is 14.8. The molecule has 1 aliphatic rings. The number of hydrogen-bond acceptors (Lipinski definition) is 2. The van der Waals surface area contributed by atoms with Crippen LogP contribution >= 0.6 is 11.6 Å². The Balaban J connectivity index is 1.97. The highest BCUT2D eigenvalue weighted by molar-refractivity contribution is 6.31. The van der Waals surface area contributed by atoms with Crippen LogP contribution in [-0.2, 0) is 6.54 Å². The number of nitrogens with zero attached hydrogens (tertiary/aromatic N) is 1. The first-order valence-electron chi connectivity index (χ1n) is 6.95. The summed E-state index contributed by atoms with van der Waals surface area (Å²) in [5.41, 5.74) is 0.881. The minimum atomic E-state index is -0.326. The number of nitrogens with one attached hydrogen (secondary N) is 1. The van der Waals surface area contributed by atoms with Gasteiger partial charge in [0.25, 0.3) is 0 Å². The molecule has 0 amide bonds. The summed E-state index contributed by atoms with van der Waals surface area (Å²) >= 11 is 6.02. The van der Waals surface area contributed by atoms with E-state index in [-0.39, 0.29) is 10.8 Å². The van der Waals surface area contributed by atoms with Crippen molar-refractivity contribution < 1.29 is 4.39 Å². The Hall–Kier alpha value is -0.640. The quantitative estimate of drug-likeness (QED) is 0.913. The normalized spacial score (nSPS) is 21.0. The zero-order valence-corrected chi connectivity index (χ0v) is 12.4. The van der Waals surface area contributed by atoms with E-state index < -0.39 is 0 Å². The first-order chi connectivity index (χ1) is 9.06. The van der Waals surface area contributed by atoms with Gasteiger partial charge < -0.3 is 5.32 Å². The van der Waals surface area contributed by atoms with Gasteiger partial charge in [-0.1, -0.05) is 37.6 Å². The summed E-state index contributed by atoms with van der Waals surface area (Å²) in [6, 6.07) is 5.57. The molecule has 1 fully saturated rings. The fourth-order valence-electron chi connectivity index (χ4n) is 2.68. The van der Waals surface area contributed by atoms with Gasteiger partial charge in [0.1, 0.15) is 5.82 Å². The van der Waals surface area contributed by atoms with E-state index in [1.807, 2.05) is 6.07 Å². The highest BCUT2D eigenvalue weighted by atomic mass is 35.5. The lowest BCUT2D eigenvalue weighted by Crippen LogP contribution is -2.50. The molecular weight excluding hydrogens is 263 g/mol. The van der Waals surface area contributed by atoms with Crippen molar-refractivity contribution in [2.45, 2.75) is 32.9 Å². The summed E-state index contributed by atoms with van der Waals surface area (Å²) < 4.78 is 13.4. The summed E-state index contributed by atoms with van der Waals surface area (Å²) in [5, 5.41) is 3.81. The van der Waals surface area contributed by atoms with Crippen molar-refractivity contribution in [2.75, 3.05) is 19.6 Å². The van der Waals surface area contributed by atoms with E-state index in [0.717, 1.165) is 31.7 Å². The minimum Gasteiger partial charge on any atom is -0.311 e. The Labute approximate surface area is 119 Å². The lowest BCUT2D eigenvalue weighted by Gasteiger charge is -2.34. The van der Waals surface area contributed by atoms with Gasteiger partial charge in [-0.2, -0.15) is 0 Å². The molecule has 1 aliphatic heterocycles. The number of hydrogen-bond donors (Lipinski definition) is 1. The predicted octanol–water partition coefficient (Wildman–Crippen LogP) is 3.30. The number of halogens is 2. The maximum Gasteiger partial charge on any atom is 0.142 e. The van der Waals surface area contributed by atoms with Crippen LogP contribution in [0.1, 0.15) is 25.8 Å². The monoisotopic (exact) mass is 284 g/mol. The van der Waals surface area contributed by atoms with Crippen LogP contribution in [0.4, 0.5) is 4.39 Å². The van der Waals surface area contributed by atoms with Gasteiger partial charge in [-0.25, -0.2) is 4.39 Å². The van der Waals surface area contributed by atoms with Gasteiger partial charge in [-0.05, 0) is 24.0 Å². The molecule has 1 atom stereocenters. The second-order valence-corrected chi connectivity index (χ2v) is 6.11. The van der Waals surface area contributed by atoms with Crippen molar-refractivity contribution in [3.8, 4) is 0 Å². The molecule has 1 saturated heterocycles. The summed E-state index contributed by atoms with van der Waals surface area (Å²) in [6.45, 7) is 8.19. The van der Waals surface area contributed by atoms with Gasteiger partial charge in [0.05, 0.1) is 5.02 Å². The fourth-order valence-corrected chi connectivity index (χ4v) is 2.86. The SMILES string of the molecule is CC(C)CC1CN(Cc2cccc(F)c2Cl)CCN1. The van der Waals surface area contributed by atoms with E-state index >= 15 is 0 Å². The Morgan fingerprint density at radius 1 is 1.47 bits per heavy atom. The lowest BCUT2D eigenvalue weighted by atomic mass is 10.0. The molecule has 2 rings (SSSR count). The molecule has 1 aromatic rings. The molecular formula is C15H22ClFN2. The highest BCUT2D eigenvalue weighted by Gasteiger charge is 2.21. The van der Waals surface area contributed by atoms with E-state index in [4.69, 9.17) is 11.6 Å². The molecule has 106 valence electrons. The fraction of sp³-hybridized carbons (Fsp3) is 0.600. The topological polar surface area (TPSA) is 15.3 Å². The third-order valence-corrected chi connectivity index (χ3v) is 3.94. The van der Waals surface area contributed by atoms with Gasteiger partial charge in [0, 0.05) is 32.2 Å². The molecule has 1 heterocycles. The first-order valence-corrected chi connectivity index (χ1v) is 7.32. The number of rotatable bonds is 4. The van der Waals surface area contributed by atoms with E-state index in [9.17, 15) is 4.39 Å². The molecule has 0 bridgehead atoms. The Bertz CT molecular complexity index is 423. The maximum atomic E-state index is 13.4. The van der Waals surface area contributed by atoms with Crippen LogP contribution in [0.25, 0.3) is 0 Å². The van der Waals surface area contributed by atoms with Gasteiger partial charge in [-0.3, -0.25) is 4.90 Å². The Kier molecular flexibility index (Phi) is 5.20. The molecule has 0 aliphatic carbocycles. The molecule has 0 radical (unpaired) electrons. The molecule has 2 nitrogen and oxygen atoms in total. The average Bonchev–Trinajstić information content (AvgIpc) is 2.35. The van der Waals surface area contributed by atoms with E-state index in [2.05, 4.69) is 24.1 Å². The third kappa shape index (κ3) is 4.16. The van der Waals surface area contributed by atoms with Crippen molar-refractivity contribution >= 4 is 11.6 Å². The van der Waals surface area contributed by atoms with Crippen LogP contribution in [0.3, 0.4) is 0 Å². The highest BCUT2D eigenvalue weighted by Crippen LogP contribution is 2.22. The standard InChI is InChI=1S/C15H22ClFN2/c1-11(2)8-13-10-19(7-6-18-13)9-12-4-3-5-14(17)15(12)16/h3-5,11,13,18H,6-10H2,1-2H3. The van der Waals surface area contributed by atoms with Crippen molar-refractivity contribution in [1.29, 1.82) is 0 Å². The third-order valence-electron chi connectivity index (χ3n) is 3.52. The van der Waals surface area contributed by atoms with Crippen molar-refractivity contribution in [1.82, 2.24) is 10.2 Å². The Morgan fingerprint density at radius 3 is 3.00 bits per heavy atom. The molecule has 4 heteroatoms. The summed E-state index contributed by atoms with van der Waals surface area (Å²) in [7, 11) is 0. The van der Waals surface area contributed by atoms with Gasteiger partial charge in [0.2, 0.25) is 0 Å². The number of benzene rings is 1. The summed E-state index contributed by atoms with van der Waals surface area (Å²) in [4.78, 5) is 2.35. The van der Waals surface area contributed by atoms with E-state index in [0.29, 0.717) is 12.0 Å². The molecule has 0 aromatic heterocycles. The number of piperazine rings is 1.